The fourth-order valence-electron chi connectivity index (χ4n) is 6.92. The van der Waals surface area contributed by atoms with E-state index in [0.717, 1.165) is 16.8 Å². The summed E-state index contributed by atoms with van der Waals surface area (Å²) in [5.41, 5.74) is 1.20. The molecule has 6 atom stereocenters. The van der Waals surface area contributed by atoms with Crippen LogP contribution >= 0.6 is 15.9 Å². The van der Waals surface area contributed by atoms with Crippen molar-refractivity contribution < 1.29 is 33.8 Å². The molecule has 2 fully saturated rings. The second-order valence-corrected chi connectivity index (χ2v) is 12.8. The number of allylic oxidation sites excluding steroid dienone is 1. The molecule has 1 aromatic rings. The highest BCUT2D eigenvalue weighted by Gasteiger charge is 2.74. The molecule has 1 aromatic carbocycles. The van der Waals surface area contributed by atoms with Crippen molar-refractivity contribution in [1.29, 1.82) is 0 Å². The molecule has 10 nitrogen and oxygen atoms in total. The van der Waals surface area contributed by atoms with Gasteiger partial charge in [0.25, 0.3) is 5.91 Å². The monoisotopic (exact) mass is 657 g/mol. The molecular formula is C32H40BrN3O7. The number of ether oxygens (including phenoxy) is 2. The number of hydrogen-bond acceptors (Lipinski definition) is 7. The molecule has 0 unspecified atom stereocenters. The minimum Gasteiger partial charge on any atom is -0.460 e. The molecule has 43 heavy (non-hydrogen) atoms. The van der Waals surface area contributed by atoms with Crippen molar-refractivity contribution >= 4 is 45.3 Å². The Morgan fingerprint density at radius 3 is 2.53 bits per heavy atom. The summed E-state index contributed by atoms with van der Waals surface area (Å²) in [6.07, 6.45) is 6.76. The number of para-hydroxylation sites is 1. The molecule has 4 aliphatic rings. The fourth-order valence-corrected chi connectivity index (χ4v) is 7.66. The maximum absolute atomic E-state index is 14.9. The topological polar surface area (TPSA) is 125 Å². The van der Waals surface area contributed by atoms with Gasteiger partial charge in [0.2, 0.25) is 11.8 Å². The molecule has 4 heterocycles. The first-order valence-electron chi connectivity index (χ1n) is 15.1. The molecule has 2 saturated heterocycles. The Balaban J connectivity index is 1.62. The van der Waals surface area contributed by atoms with Gasteiger partial charge < -0.3 is 29.7 Å². The molecule has 0 aromatic heterocycles. The second-order valence-electron chi connectivity index (χ2n) is 11.9. The van der Waals surface area contributed by atoms with Crippen LogP contribution < -0.4 is 10.2 Å². The van der Waals surface area contributed by atoms with Crippen LogP contribution in [0.2, 0.25) is 0 Å². The lowest BCUT2D eigenvalue weighted by Crippen LogP contribution is -2.56. The molecule has 0 saturated carbocycles. The highest BCUT2D eigenvalue weighted by molar-refractivity contribution is 9.11. The number of rotatable bonds is 6. The minimum absolute atomic E-state index is 0.0442. The first kappa shape index (κ1) is 31.4. The number of nitrogens with one attached hydrogen (secondary N) is 1. The number of aliphatic hydroxyl groups excluding tert-OH is 1. The first-order valence-corrected chi connectivity index (χ1v) is 15.9. The third-order valence-corrected chi connectivity index (χ3v) is 9.54. The normalized spacial score (nSPS) is 32.0. The van der Waals surface area contributed by atoms with E-state index in [1.165, 1.54) is 0 Å². The van der Waals surface area contributed by atoms with Crippen molar-refractivity contribution in [3.8, 4) is 0 Å². The van der Waals surface area contributed by atoms with Gasteiger partial charge in [-0.3, -0.25) is 19.2 Å². The number of likely N-dealkylation sites (tertiary alicyclic amines) is 1. The summed E-state index contributed by atoms with van der Waals surface area (Å²) >= 11 is 3.57. The van der Waals surface area contributed by atoms with Crippen LogP contribution in [-0.2, 0) is 28.7 Å². The number of aryl methyl sites for hydroxylation is 2. The Hall–Kier alpha value is -3.02. The number of amides is 3. The van der Waals surface area contributed by atoms with Crippen molar-refractivity contribution in [2.75, 3.05) is 31.1 Å². The van der Waals surface area contributed by atoms with Crippen LogP contribution in [0.25, 0.3) is 0 Å². The molecule has 4 aliphatic heterocycles. The van der Waals surface area contributed by atoms with E-state index in [9.17, 15) is 24.3 Å². The smallest absolute Gasteiger partial charge is 0.313 e. The number of nitrogens with zero attached hydrogens (tertiary/aromatic N) is 2. The Bertz CT molecular complexity index is 1330. The van der Waals surface area contributed by atoms with Crippen molar-refractivity contribution in [2.45, 2.75) is 76.7 Å². The van der Waals surface area contributed by atoms with Crippen LogP contribution in [0.3, 0.4) is 0 Å². The Morgan fingerprint density at radius 2 is 1.81 bits per heavy atom. The second kappa shape index (κ2) is 12.9. The van der Waals surface area contributed by atoms with E-state index in [-0.39, 0.29) is 50.4 Å². The molecule has 2 N–H and O–H groups in total. The summed E-state index contributed by atoms with van der Waals surface area (Å²) < 4.78 is 12.9. The van der Waals surface area contributed by atoms with Gasteiger partial charge in [-0.1, -0.05) is 46.3 Å². The van der Waals surface area contributed by atoms with Gasteiger partial charge >= 0.3 is 5.97 Å². The molecule has 11 heteroatoms. The Labute approximate surface area is 260 Å². The van der Waals surface area contributed by atoms with Crippen molar-refractivity contribution in [1.82, 2.24) is 10.2 Å². The van der Waals surface area contributed by atoms with Crippen LogP contribution in [0.15, 0.2) is 40.9 Å². The van der Waals surface area contributed by atoms with Gasteiger partial charge in [0, 0.05) is 36.3 Å². The third-order valence-electron chi connectivity index (χ3n) is 8.86. The molecule has 0 radical (unpaired) electrons. The number of esters is 1. The van der Waals surface area contributed by atoms with Gasteiger partial charge in [-0.15, -0.1) is 0 Å². The summed E-state index contributed by atoms with van der Waals surface area (Å²) in [7, 11) is 0. The summed E-state index contributed by atoms with van der Waals surface area (Å²) in [5.74, 6) is -3.27. The van der Waals surface area contributed by atoms with Crippen LogP contribution in [0.1, 0.15) is 50.2 Å². The van der Waals surface area contributed by atoms with E-state index in [0.29, 0.717) is 30.2 Å². The van der Waals surface area contributed by atoms with Crippen molar-refractivity contribution in [3.63, 3.8) is 0 Å². The zero-order valence-electron chi connectivity index (χ0n) is 24.9. The lowest BCUT2D eigenvalue weighted by Gasteiger charge is -2.36. The third kappa shape index (κ3) is 5.79. The summed E-state index contributed by atoms with van der Waals surface area (Å²) in [5, 5.41) is 12.1. The van der Waals surface area contributed by atoms with Gasteiger partial charge in [-0.25, -0.2) is 0 Å². The Morgan fingerprint density at radius 1 is 1.07 bits per heavy atom. The summed E-state index contributed by atoms with van der Waals surface area (Å²) in [6, 6.07) is 4.81. The maximum atomic E-state index is 14.9. The molecular weight excluding hydrogens is 618 g/mol. The largest absolute Gasteiger partial charge is 0.460 e. The van der Waals surface area contributed by atoms with Gasteiger partial charge in [-0.2, -0.15) is 0 Å². The SMILES string of the molecule is Cc1cccc(C)c1N1C/C=C\CCC(=O)NC[C@H](C)OC(=O)[C@H]2[C@@H]3O[C@@]4(C=C3Br)[C@@H]2C(=O)N(CCCCCO)[C@@H]4C1=O. The molecule has 1 spiro atoms. The van der Waals surface area contributed by atoms with E-state index >= 15 is 0 Å². The highest BCUT2D eigenvalue weighted by Crippen LogP contribution is 2.59. The zero-order valence-corrected chi connectivity index (χ0v) is 26.5. The predicted octanol–water partition coefficient (Wildman–Crippen LogP) is 3.07. The van der Waals surface area contributed by atoms with Gasteiger partial charge in [-0.05, 0) is 63.7 Å². The van der Waals surface area contributed by atoms with E-state index in [1.54, 1.807) is 22.8 Å². The highest BCUT2D eigenvalue weighted by atomic mass is 79.9. The van der Waals surface area contributed by atoms with E-state index in [2.05, 4.69) is 21.2 Å². The lowest BCUT2D eigenvalue weighted by molar-refractivity contribution is -0.158. The fraction of sp³-hybridized carbons (Fsp3) is 0.562. The first-order chi connectivity index (χ1) is 20.6. The number of benzene rings is 1. The van der Waals surface area contributed by atoms with Crippen LogP contribution in [0.5, 0.6) is 0 Å². The standard InChI is InChI=1S/C32H40BrN3O7/c1-19-11-10-12-20(2)26(19)35-14-7-4-6-13-23(38)34-18-21(3)42-31(41)24-25-29(39)36(15-8-5-9-16-37)28(30(35)40)32(25)17-22(33)27(24)43-32/h4,7,10-12,17,21,24-25,27-28,37H,5-6,8-9,13-16,18H2,1-3H3,(H,34,38)/b7-4-/t21-,24+,25-,27+,28+,32-/m0/s1. The molecule has 232 valence electrons. The minimum atomic E-state index is -1.36. The van der Waals surface area contributed by atoms with E-state index < -0.39 is 41.7 Å². The number of unbranched alkanes of at least 4 members (excludes halogenated alkanes) is 2. The number of halogens is 1. The molecule has 0 aliphatic carbocycles. The van der Waals surface area contributed by atoms with E-state index in [1.807, 2.05) is 44.2 Å². The number of carbonyl (C=O) groups is 4. The number of fused-ring (bicyclic) bond motifs is 2. The average molecular weight is 659 g/mol. The number of hydrogen-bond donors (Lipinski definition) is 2. The van der Waals surface area contributed by atoms with Crippen molar-refractivity contribution in [2.24, 2.45) is 11.8 Å². The van der Waals surface area contributed by atoms with Crippen molar-refractivity contribution in [3.05, 3.63) is 52.0 Å². The van der Waals surface area contributed by atoms with Crippen LogP contribution in [0.4, 0.5) is 5.69 Å². The number of carbonyl (C=O) groups excluding carboxylic acids is 4. The van der Waals surface area contributed by atoms with E-state index in [4.69, 9.17) is 9.47 Å². The summed E-state index contributed by atoms with van der Waals surface area (Å²) in [4.78, 5) is 58.6. The van der Waals surface area contributed by atoms with Gasteiger partial charge in [0.15, 0.2) is 0 Å². The molecule has 5 rings (SSSR count). The number of aliphatic hydroxyl groups is 1. The van der Waals surface area contributed by atoms with Gasteiger partial charge in [0.05, 0.1) is 12.5 Å². The predicted molar refractivity (Wildman–Crippen MR) is 163 cm³/mol. The summed E-state index contributed by atoms with van der Waals surface area (Å²) in [6.45, 7) is 6.29. The van der Waals surface area contributed by atoms with Gasteiger partial charge in [0.1, 0.15) is 29.8 Å². The Kier molecular flexibility index (Phi) is 9.43. The maximum Gasteiger partial charge on any atom is 0.313 e. The average Bonchev–Trinajstić information content (AvgIpc) is 3.55. The number of anilines is 1. The van der Waals surface area contributed by atoms with Crippen LogP contribution in [-0.4, -0.2) is 83.8 Å². The molecule has 5 bridgehead atoms. The quantitative estimate of drug-likeness (QED) is 0.274. The number of cyclic esters (lactones) is 1. The lowest BCUT2D eigenvalue weighted by atomic mass is 9.74. The van der Waals surface area contributed by atoms with Crippen LogP contribution in [0, 0.1) is 25.7 Å². The zero-order chi connectivity index (χ0) is 30.9. The molecule has 3 amide bonds.